The Morgan fingerprint density at radius 2 is 1.56 bits per heavy atom. The Hall–Kier alpha value is -1.54. The van der Waals surface area contributed by atoms with Crippen LogP contribution in [0.1, 0.15) is 19.8 Å². The lowest BCUT2D eigenvalue weighted by molar-refractivity contribution is 0.162. The molecule has 0 saturated carbocycles. The third-order valence-electron chi connectivity index (χ3n) is 2.67. The van der Waals surface area contributed by atoms with E-state index in [4.69, 9.17) is 11.5 Å². The van der Waals surface area contributed by atoms with Gasteiger partial charge in [0.2, 0.25) is 11.6 Å². The number of hydrogen-bond acceptors (Lipinski definition) is 8. The molecule has 86 valence electrons. The summed E-state index contributed by atoms with van der Waals surface area (Å²) in [5.74, 6) is -2.70. The average Bonchev–Trinajstić information content (AvgIpc) is 2.85. The van der Waals surface area contributed by atoms with Crippen LogP contribution in [0.5, 0.6) is 0 Å². The monoisotopic (exact) mass is 222 g/mol. The lowest BCUT2D eigenvalue weighted by atomic mass is 9.89. The molecule has 0 aromatic rings. The maximum atomic E-state index is 6.04. The average molecular weight is 222 g/mol. The minimum Gasteiger partial charge on any atom is -0.286 e. The van der Waals surface area contributed by atoms with Crippen LogP contribution in [0.3, 0.4) is 0 Å². The van der Waals surface area contributed by atoms with Crippen LogP contribution in [-0.2, 0) is 0 Å². The van der Waals surface area contributed by atoms with Crippen molar-refractivity contribution >= 4 is 12.7 Å². The first-order chi connectivity index (χ1) is 7.61. The van der Waals surface area contributed by atoms with Gasteiger partial charge in [-0.25, -0.2) is 9.98 Å². The highest BCUT2D eigenvalue weighted by molar-refractivity contribution is 5.58. The summed E-state index contributed by atoms with van der Waals surface area (Å²) in [5.41, 5.74) is 12.1. The van der Waals surface area contributed by atoms with Gasteiger partial charge >= 0.3 is 0 Å². The Balaban J connectivity index is 2.30. The van der Waals surface area contributed by atoms with Crippen LogP contribution in [0, 0.1) is 5.92 Å². The Labute approximate surface area is 92.6 Å². The Bertz CT molecular complexity index is 323. The summed E-state index contributed by atoms with van der Waals surface area (Å²) in [6.45, 7) is 2.02. The summed E-state index contributed by atoms with van der Waals surface area (Å²) < 4.78 is 0. The van der Waals surface area contributed by atoms with Gasteiger partial charge in [-0.3, -0.25) is 11.5 Å². The van der Waals surface area contributed by atoms with E-state index in [-0.39, 0.29) is 5.92 Å². The Morgan fingerprint density at radius 1 is 1.06 bits per heavy atom. The van der Waals surface area contributed by atoms with Gasteiger partial charge in [0.15, 0.2) is 0 Å². The molecule has 0 aliphatic carbocycles. The minimum absolute atomic E-state index is 0.352. The van der Waals surface area contributed by atoms with Gasteiger partial charge in [-0.2, -0.15) is 0 Å². The second kappa shape index (κ2) is 3.80. The van der Waals surface area contributed by atoms with E-state index < -0.39 is 11.6 Å². The highest BCUT2D eigenvalue weighted by atomic mass is 15.4. The number of azo groups is 2. The van der Waals surface area contributed by atoms with E-state index in [1.165, 1.54) is 12.7 Å². The summed E-state index contributed by atoms with van der Waals surface area (Å²) in [4.78, 5) is 8.08. The lowest BCUT2D eigenvalue weighted by Gasteiger charge is -2.34. The molecular formula is C8H14N8. The zero-order valence-corrected chi connectivity index (χ0v) is 8.98. The van der Waals surface area contributed by atoms with E-state index in [2.05, 4.69) is 30.4 Å². The van der Waals surface area contributed by atoms with Gasteiger partial charge in [0.1, 0.15) is 12.7 Å². The SMILES string of the molecule is CCCC(C1(N)N=CN=N1)C1(N)N=CN=N1. The van der Waals surface area contributed by atoms with Gasteiger partial charge in [0.05, 0.1) is 5.92 Å². The normalized spacial score (nSPS) is 37.4. The van der Waals surface area contributed by atoms with Gasteiger partial charge in [0.25, 0.3) is 0 Å². The van der Waals surface area contributed by atoms with Crippen LogP contribution < -0.4 is 11.5 Å². The van der Waals surface area contributed by atoms with Crippen molar-refractivity contribution in [2.75, 3.05) is 0 Å². The lowest BCUT2D eigenvalue weighted by Crippen LogP contribution is -2.56. The van der Waals surface area contributed by atoms with E-state index in [0.717, 1.165) is 6.42 Å². The smallest absolute Gasteiger partial charge is 0.231 e. The van der Waals surface area contributed by atoms with Crippen LogP contribution in [0.2, 0.25) is 0 Å². The van der Waals surface area contributed by atoms with E-state index >= 15 is 0 Å². The number of rotatable bonds is 4. The molecule has 0 radical (unpaired) electrons. The topological polar surface area (TPSA) is 126 Å². The summed E-state index contributed by atoms with van der Waals surface area (Å²) >= 11 is 0. The molecule has 0 bridgehead atoms. The van der Waals surface area contributed by atoms with Crippen LogP contribution in [0.15, 0.2) is 30.4 Å². The van der Waals surface area contributed by atoms with Crippen molar-refractivity contribution < 1.29 is 0 Å². The van der Waals surface area contributed by atoms with Crippen molar-refractivity contribution in [3.63, 3.8) is 0 Å². The third-order valence-corrected chi connectivity index (χ3v) is 2.67. The van der Waals surface area contributed by atoms with Crippen LogP contribution >= 0.6 is 0 Å². The standard InChI is InChI=1S/C8H14N8/c1-2-3-6(7(9)11-4-13-15-7)8(10)12-5-14-16-8/h4-6H,2-3,9-10H2,1H3. The second-order valence-corrected chi connectivity index (χ2v) is 3.83. The van der Waals surface area contributed by atoms with Crippen LogP contribution in [0.4, 0.5) is 0 Å². The van der Waals surface area contributed by atoms with Crippen LogP contribution in [-0.4, -0.2) is 24.3 Å². The molecule has 2 aliphatic rings. The quantitative estimate of drug-likeness (QED) is 0.723. The van der Waals surface area contributed by atoms with Gasteiger partial charge in [-0.05, 0) is 6.42 Å². The number of nitrogens with two attached hydrogens (primary N) is 2. The molecule has 2 aliphatic heterocycles. The molecule has 0 saturated heterocycles. The van der Waals surface area contributed by atoms with E-state index in [1.807, 2.05) is 6.92 Å². The molecule has 0 amide bonds. The van der Waals surface area contributed by atoms with Crippen molar-refractivity contribution in [1.82, 2.24) is 0 Å². The highest BCUT2D eigenvalue weighted by Crippen LogP contribution is 2.36. The predicted molar refractivity (Wildman–Crippen MR) is 58.9 cm³/mol. The first-order valence-corrected chi connectivity index (χ1v) is 5.10. The first-order valence-electron chi connectivity index (χ1n) is 5.10. The van der Waals surface area contributed by atoms with Gasteiger partial charge < -0.3 is 0 Å². The van der Waals surface area contributed by atoms with Gasteiger partial charge in [0, 0.05) is 0 Å². The first kappa shape index (κ1) is 11.0. The molecular weight excluding hydrogens is 208 g/mol. The second-order valence-electron chi connectivity index (χ2n) is 3.83. The maximum absolute atomic E-state index is 6.04. The molecule has 2 unspecified atom stereocenters. The Morgan fingerprint density at radius 3 is 1.88 bits per heavy atom. The third kappa shape index (κ3) is 1.65. The fraction of sp³-hybridized carbons (Fsp3) is 0.750. The zero-order chi connectivity index (χ0) is 11.6. The zero-order valence-electron chi connectivity index (χ0n) is 8.98. The fourth-order valence-electron chi connectivity index (χ4n) is 1.87. The molecule has 4 N–H and O–H groups in total. The summed E-state index contributed by atoms with van der Waals surface area (Å²) in [7, 11) is 0. The molecule has 2 heterocycles. The minimum atomic E-state index is -1.18. The van der Waals surface area contributed by atoms with E-state index in [0.29, 0.717) is 6.42 Å². The fourth-order valence-corrected chi connectivity index (χ4v) is 1.87. The molecule has 2 rings (SSSR count). The van der Waals surface area contributed by atoms with Crippen molar-refractivity contribution in [2.24, 2.45) is 47.8 Å². The number of nitrogens with zero attached hydrogens (tertiary/aromatic N) is 6. The van der Waals surface area contributed by atoms with Crippen molar-refractivity contribution in [3.8, 4) is 0 Å². The maximum Gasteiger partial charge on any atom is 0.231 e. The molecule has 0 aromatic carbocycles. The molecule has 0 aromatic heterocycles. The molecule has 8 nitrogen and oxygen atoms in total. The van der Waals surface area contributed by atoms with E-state index in [1.54, 1.807) is 0 Å². The largest absolute Gasteiger partial charge is 0.286 e. The summed E-state index contributed by atoms with van der Waals surface area (Å²) in [5, 5.41) is 15.1. The summed E-state index contributed by atoms with van der Waals surface area (Å²) in [6, 6.07) is 0. The van der Waals surface area contributed by atoms with Gasteiger partial charge in [-0.15, -0.1) is 20.5 Å². The van der Waals surface area contributed by atoms with Crippen molar-refractivity contribution in [3.05, 3.63) is 0 Å². The van der Waals surface area contributed by atoms with Gasteiger partial charge in [-0.1, -0.05) is 13.3 Å². The van der Waals surface area contributed by atoms with E-state index in [9.17, 15) is 0 Å². The predicted octanol–water partition coefficient (Wildman–Crippen LogP) is 0.616. The molecule has 0 fully saturated rings. The number of hydrogen-bond donors (Lipinski definition) is 2. The van der Waals surface area contributed by atoms with Crippen molar-refractivity contribution in [1.29, 1.82) is 0 Å². The molecule has 2 atom stereocenters. The summed E-state index contributed by atoms with van der Waals surface area (Å²) in [6.07, 6.45) is 4.21. The molecule has 16 heavy (non-hydrogen) atoms. The highest BCUT2D eigenvalue weighted by Gasteiger charge is 2.50. The molecule has 0 spiro atoms. The van der Waals surface area contributed by atoms with Crippen molar-refractivity contribution in [2.45, 2.75) is 31.3 Å². The van der Waals surface area contributed by atoms with Crippen LogP contribution in [0.25, 0.3) is 0 Å². The number of aliphatic imine (C=N–C) groups is 2. The Kier molecular flexibility index (Phi) is 2.60. The molecule has 8 heteroatoms.